The third-order valence-electron chi connectivity index (χ3n) is 24.1. The molecule has 0 fully saturated rings. The number of hydrogen-bond donors (Lipinski definition) is 0. The molecule has 574 valence electrons. The zero-order valence-electron chi connectivity index (χ0n) is 65.9. The summed E-state index contributed by atoms with van der Waals surface area (Å²) in [5, 5.41) is 7.32. The average molecular weight is 1600 g/mol. The van der Waals surface area contributed by atoms with Gasteiger partial charge in [0.15, 0.2) is 23.0 Å². The Balaban J connectivity index is 0.000000138. The third kappa shape index (κ3) is 12.1. The van der Waals surface area contributed by atoms with E-state index in [9.17, 15) is 0 Å². The maximum atomic E-state index is 6.29. The van der Waals surface area contributed by atoms with E-state index in [0.717, 1.165) is 102 Å². The predicted molar refractivity (Wildman–Crippen MR) is 508 cm³/mol. The van der Waals surface area contributed by atoms with Crippen LogP contribution in [0.3, 0.4) is 0 Å². The van der Waals surface area contributed by atoms with Crippen LogP contribution in [0.4, 0.5) is 68.2 Å². The smallest absolute Gasteiger partial charge is 0.151 e. The van der Waals surface area contributed by atoms with Crippen LogP contribution in [0.15, 0.2) is 456 Å². The monoisotopic (exact) mass is 1600 g/mol. The minimum atomic E-state index is 0.845. The normalized spacial score (nSPS) is 12.8. The summed E-state index contributed by atoms with van der Waals surface area (Å²) in [7, 11) is 0. The summed E-state index contributed by atoms with van der Waals surface area (Å²) < 4.78 is 17.4. The zero-order valence-corrected chi connectivity index (χ0v) is 67.5. The van der Waals surface area contributed by atoms with Crippen LogP contribution in [0.5, 0.6) is 23.0 Å². The molecular formula is C112H72N6O2S2. The Hall–Kier alpha value is -15.5. The second kappa shape index (κ2) is 29.3. The summed E-state index contributed by atoms with van der Waals surface area (Å²) in [4.78, 5) is 14.4. The van der Waals surface area contributed by atoms with Crippen molar-refractivity contribution < 1.29 is 9.47 Å². The van der Waals surface area contributed by atoms with Gasteiger partial charge in [0.1, 0.15) is 0 Å². The first-order valence-corrected chi connectivity index (χ1v) is 42.9. The Morgan fingerprint density at radius 1 is 0.164 bits per heavy atom. The SMILES string of the molecule is c1ccc(-n2c3ccc(-c4ccc(N5c6ccccc6Sc6ccccc65)cc4)cc3c3cc(-c4ccc(N5c6ccccc6Sc6ccccc65)cc4)ccc32)cc1.c1ccc2c(c1)Oc1ccccc1N2c1ccc(-c2ccc3c(c2)c2cc(-c4ccc(N5c6ccccc6Oc6ccccc65)cc4)ccc2n3-c2ccc3ccccc3c2)cc1. The van der Waals surface area contributed by atoms with Crippen LogP contribution in [0.1, 0.15) is 0 Å². The summed E-state index contributed by atoms with van der Waals surface area (Å²) in [5.41, 5.74) is 29.8. The first kappa shape index (κ1) is 70.7. The molecule has 0 saturated carbocycles. The van der Waals surface area contributed by atoms with Crippen LogP contribution in [0.2, 0.25) is 0 Å². The number of nitrogens with zero attached hydrogens (tertiary/aromatic N) is 6. The molecule has 0 atom stereocenters. The Kier molecular flexibility index (Phi) is 17.0. The predicted octanol–water partition coefficient (Wildman–Crippen LogP) is 32.4. The molecule has 0 unspecified atom stereocenters. The van der Waals surface area contributed by atoms with E-state index in [0.29, 0.717) is 0 Å². The van der Waals surface area contributed by atoms with Gasteiger partial charge in [-0.1, -0.05) is 242 Å². The minimum Gasteiger partial charge on any atom is -0.453 e. The van der Waals surface area contributed by atoms with E-state index in [2.05, 4.69) is 417 Å². The van der Waals surface area contributed by atoms with Crippen molar-refractivity contribution in [1.82, 2.24) is 9.13 Å². The van der Waals surface area contributed by atoms with Gasteiger partial charge in [0.2, 0.25) is 0 Å². The summed E-state index contributed by atoms with van der Waals surface area (Å²) in [6.07, 6.45) is 0. The van der Waals surface area contributed by atoms with Gasteiger partial charge < -0.3 is 38.2 Å². The van der Waals surface area contributed by atoms with Crippen molar-refractivity contribution in [3.8, 4) is 78.9 Å². The van der Waals surface area contributed by atoms with Crippen LogP contribution >= 0.6 is 23.5 Å². The Labute approximate surface area is 714 Å². The van der Waals surface area contributed by atoms with Crippen molar-refractivity contribution in [2.75, 3.05) is 19.6 Å². The standard InChI is InChI=1S/C58H37N3O2.C54H35N3S2/c1-2-12-41-35-46(32-25-38(41)11-1)61-49-33-26-42(39-21-28-44(29-22-39)59-51-13-3-7-17-55(51)62-56-18-8-4-14-52(56)59)36-47(49)48-37-43(27-34-50(48)61)40-23-30-45(31-24-40)60-53-15-5-9-19-57(53)63-58-20-10-6-16-54(58)60;1-2-12-40(13-3-1)55-45-32-26-38(36-22-28-41(29-23-36)56-47-14-4-8-18-51(47)58-52-19-9-5-15-48(52)56)34-43(45)44-35-39(27-33-46(44)55)37-24-30-42(31-25-37)57-49-16-6-10-20-53(49)59-54-21-11-7-17-50(54)57/h1-37H;1-35H. The number of fused-ring (bicyclic) bond motifs is 15. The summed E-state index contributed by atoms with van der Waals surface area (Å²) in [6, 6.07) is 157. The lowest BCUT2D eigenvalue weighted by Gasteiger charge is -2.32. The van der Waals surface area contributed by atoms with Crippen molar-refractivity contribution in [3.05, 3.63) is 437 Å². The molecule has 0 aliphatic carbocycles. The molecule has 122 heavy (non-hydrogen) atoms. The third-order valence-corrected chi connectivity index (χ3v) is 26.4. The van der Waals surface area contributed by atoms with Gasteiger partial charge in [-0.05, 0) is 274 Å². The quantitative estimate of drug-likeness (QED) is 0.134. The lowest BCUT2D eigenvalue weighted by Crippen LogP contribution is -2.15. The fourth-order valence-corrected chi connectivity index (χ4v) is 20.5. The molecule has 0 saturated heterocycles. The number of anilines is 12. The van der Waals surface area contributed by atoms with E-state index in [1.54, 1.807) is 0 Å². The first-order valence-electron chi connectivity index (χ1n) is 41.2. The number of ether oxygens (including phenoxy) is 2. The van der Waals surface area contributed by atoms with Gasteiger partial charge >= 0.3 is 0 Å². The summed E-state index contributed by atoms with van der Waals surface area (Å²) in [5.74, 6) is 3.38. The van der Waals surface area contributed by atoms with E-state index in [1.807, 2.05) is 72.1 Å². The average Bonchev–Trinajstić information content (AvgIpc) is 1.57. The molecule has 0 spiro atoms. The minimum absolute atomic E-state index is 0.845. The zero-order chi connectivity index (χ0) is 80.3. The molecule has 4 aliphatic heterocycles. The Morgan fingerprint density at radius 2 is 0.410 bits per heavy atom. The molecule has 4 aliphatic rings. The molecule has 25 rings (SSSR count). The molecule has 21 aromatic rings. The number of benzene rings is 19. The van der Waals surface area contributed by atoms with Gasteiger partial charge in [0.05, 0.1) is 67.6 Å². The van der Waals surface area contributed by atoms with Crippen molar-refractivity contribution >= 4 is 146 Å². The highest BCUT2D eigenvalue weighted by Gasteiger charge is 2.31. The van der Waals surface area contributed by atoms with Gasteiger partial charge in [-0.25, -0.2) is 0 Å². The van der Waals surface area contributed by atoms with Crippen LogP contribution in [0, 0.1) is 0 Å². The number of para-hydroxylation sites is 13. The second-order valence-corrected chi connectivity index (χ2v) is 33.3. The largest absolute Gasteiger partial charge is 0.453 e. The van der Waals surface area contributed by atoms with E-state index in [1.165, 1.54) is 119 Å². The molecule has 0 N–H and O–H groups in total. The van der Waals surface area contributed by atoms with Crippen LogP contribution in [-0.2, 0) is 0 Å². The van der Waals surface area contributed by atoms with Crippen LogP contribution < -0.4 is 29.1 Å². The van der Waals surface area contributed by atoms with Gasteiger partial charge in [0, 0.05) is 75.3 Å². The van der Waals surface area contributed by atoms with Gasteiger partial charge in [0.25, 0.3) is 0 Å². The topological polar surface area (TPSA) is 41.3 Å². The fraction of sp³-hybridized carbons (Fsp3) is 0. The molecule has 0 amide bonds. The fourth-order valence-electron chi connectivity index (χ4n) is 18.4. The van der Waals surface area contributed by atoms with Gasteiger partial charge in [-0.2, -0.15) is 0 Å². The lowest BCUT2D eigenvalue weighted by atomic mass is 9.99. The summed E-state index contributed by atoms with van der Waals surface area (Å²) >= 11 is 3.68. The van der Waals surface area contributed by atoms with E-state index in [4.69, 9.17) is 9.47 Å². The number of aromatic nitrogens is 2. The highest BCUT2D eigenvalue weighted by atomic mass is 32.2. The molecular weight excluding hydrogens is 1530 g/mol. The van der Waals surface area contributed by atoms with Gasteiger partial charge in [-0.3, -0.25) is 0 Å². The molecule has 8 nitrogen and oxygen atoms in total. The molecule has 0 radical (unpaired) electrons. The highest BCUT2D eigenvalue weighted by molar-refractivity contribution is 8.00. The molecule has 10 heteroatoms. The second-order valence-electron chi connectivity index (χ2n) is 31.1. The lowest BCUT2D eigenvalue weighted by molar-refractivity contribution is 0.477. The van der Waals surface area contributed by atoms with E-state index >= 15 is 0 Å². The highest BCUT2D eigenvalue weighted by Crippen LogP contribution is 2.56. The van der Waals surface area contributed by atoms with Crippen molar-refractivity contribution in [2.45, 2.75) is 19.6 Å². The number of rotatable bonds is 10. The molecule has 6 heterocycles. The van der Waals surface area contributed by atoms with Crippen LogP contribution in [0.25, 0.3) is 110 Å². The first-order chi connectivity index (χ1) is 60.5. The Morgan fingerprint density at radius 3 is 0.738 bits per heavy atom. The van der Waals surface area contributed by atoms with Crippen LogP contribution in [-0.4, -0.2) is 9.13 Å². The van der Waals surface area contributed by atoms with Crippen molar-refractivity contribution in [2.24, 2.45) is 0 Å². The van der Waals surface area contributed by atoms with Crippen molar-refractivity contribution in [3.63, 3.8) is 0 Å². The number of hydrogen-bond acceptors (Lipinski definition) is 8. The maximum absolute atomic E-state index is 6.29. The van der Waals surface area contributed by atoms with E-state index in [-0.39, 0.29) is 0 Å². The molecule has 0 bridgehead atoms. The van der Waals surface area contributed by atoms with E-state index < -0.39 is 0 Å². The molecule has 19 aromatic carbocycles. The molecule has 2 aromatic heterocycles. The van der Waals surface area contributed by atoms with Gasteiger partial charge in [-0.15, -0.1) is 0 Å². The maximum Gasteiger partial charge on any atom is 0.151 e. The summed E-state index contributed by atoms with van der Waals surface area (Å²) in [6.45, 7) is 0. The van der Waals surface area contributed by atoms with Crippen molar-refractivity contribution in [1.29, 1.82) is 0 Å². The Bertz CT molecular complexity index is 7160.